The molecule has 0 saturated carbocycles. The second-order valence-electron chi connectivity index (χ2n) is 2.60. The molecule has 0 spiro atoms. The van der Waals surface area contributed by atoms with Gasteiger partial charge in [-0.05, 0) is 29.9 Å². The molecule has 0 amide bonds. The summed E-state index contributed by atoms with van der Waals surface area (Å²) in [6.07, 6.45) is -4.29. The van der Waals surface area contributed by atoms with Crippen LogP contribution in [0.15, 0.2) is 29.3 Å². The van der Waals surface area contributed by atoms with Gasteiger partial charge in [-0.1, -0.05) is 12.1 Å². The minimum absolute atomic E-state index is 0.266. The van der Waals surface area contributed by atoms with Crippen molar-refractivity contribution in [3.05, 3.63) is 35.4 Å². The topological polar surface area (TPSA) is 12.4 Å². The largest absolute Gasteiger partial charge is 0.416 e. The van der Waals surface area contributed by atoms with E-state index in [1.54, 1.807) is 0 Å². The average Bonchev–Trinajstić information content (AvgIpc) is 2.14. The molecule has 0 heterocycles. The van der Waals surface area contributed by atoms with Crippen molar-refractivity contribution in [1.82, 2.24) is 0 Å². The molecule has 1 aromatic rings. The first-order valence-corrected chi connectivity index (χ1v) is 4.14. The number of isothiocyanates is 1. The molecule has 0 radical (unpaired) electrons. The smallest absolute Gasteiger partial charge is 0.228 e. The highest BCUT2D eigenvalue weighted by atomic mass is 32.1. The molecule has 1 aromatic carbocycles. The normalized spacial score (nSPS) is 10.8. The van der Waals surface area contributed by atoms with Crippen LogP contribution in [0.3, 0.4) is 0 Å². The molecule has 0 fully saturated rings. The third-order valence-electron chi connectivity index (χ3n) is 1.61. The van der Waals surface area contributed by atoms with Crippen molar-refractivity contribution in [3.63, 3.8) is 0 Å². The summed E-state index contributed by atoms with van der Waals surface area (Å²) in [6, 6.07) is 4.79. The Morgan fingerprint density at radius 2 is 1.79 bits per heavy atom. The molecular formula is C9H6F3NS. The van der Waals surface area contributed by atoms with Crippen LogP contribution in [0.1, 0.15) is 11.1 Å². The van der Waals surface area contributed by atoms with Gasteiger partial charge in [0.15, 0.2) is 0 Å². The van der Waals surface area contributed by atoms with Gasteiger partial charge in [-0.15, -0.1) is 0 Å². The van der Waals surface area contributed by atoms with Gasteiger partial charge in [0.25, 0.3) is 0 Å². The van der Waals surface area contributed by atoms with Gasteiger partial charge in [0.1, 0.15) is 0 Å². The standard InChI is InChI=1S/C9H6F3NS/c10-9(11,12)8-3-1-7(2-4-8)5-13-6-14/h1-4H,5H2. The highest BCUT2D eigenvalue weighted by Crippen LogP contribution is 2.29. The van der Waals surface area contributed by atoms with Gasteiger partial charge in [-0.25, -0.2) is 4.99 Å². The van der Waals surface area contributed by atoms with Gasteiger partial charge in [-0.2, -0.15) is 13.2 Å². The van der Waals surface area contributed by atoms with Gasteiger partial charge in [0, 0.05) is 0 Å². The monoisotopic (exact) mass is 217 g/mol. The Morgan fingerprint density at radius 1 is 1.21 bits per heavy atom. The lowest BCUT2D eigenvalue weighted by molar-refractivity contribution is -0.137. The molecule has 0 aliphatic rings. The summed E-state index contributed by atoms with van der Waals surface area (Å²) in [5, 5.41) is 2.15. The van der Waals surface area contributed by atoms with E-state index in [4.69, 9.17) is 0 Å². The Bertz CT molecular complexity index is 349. The Labute approximate surface area is 84.3 Å². The van der Waals surface area contributed by atoms with E-state index in [0.29, 0.717) is 5.56 Å². The molecule has 1 nitrogen and oxygen atoms in total. The van der Waals surface area contributed by atoms with Crippen LogP contribution in [0.2, 0.25) is 0 Å². The van der Waals surface area contributed by atoms with Crippen LogP contribution in [0, 0.1) is 0 Å². The molecule has 0 saturated heterocycles. The van der Waals surface area contributed by atoms with Crippen LogP contribution in [0.25, 0.3) is 0 Å². The summed E-state index contributed by atoms with van der Waals surface area (Å²) in [7, 11) is 0. The molecule has 0 aliphatic carbocycles. The average molecular weight is 217 g/mol. The van der Waals surface area contributed by atoms with E-state index in [1.165, 1.54) is 12.1 Å². The molecule has 74 valence electrons. The lowest BCUT2D eigenvalue weighted by Crippen LogP contribution is -2.04. The fourth-order valence-electron chi connectivity index (χ4n) is 0.923. The van der Waals surface area contributed by atoms with Crippen molar-refractivity contribution in [2.75, 3.05) is 0 Å². The molecule has 0 atom stereocenters. The summed E-state index contributed by atoms with van der Waals surface area (Å²) in [4.78, 5) is 3.62. The molecule has 0 unspecified atom stereocenters. The first-order valence-electron chi connectivity index (χ1n) is 3.74. The van der Waals surface area contributed by atoms with E-state index < -0.39 is 11.7 Å². The van der Waals surface area contributed by atoms with Crippen LogP contribution in [-0.4, -0.2) is 5.16 Å². The molecule has 5 heteroatoms. The molecule has 14 heavy (non-hydrogen) atoms. The maximum atomic E-state index is 12.1. The Kier molecular flexibility index (Phi) is 3.38. The van der Waals surface area contributed by atoms with Crippen molar-refractivity contribution in [2.45, 2.75) is 12.7 Å². The number of hydrogen-bond donors (Lipinski definition) is 0. The number of rotatable bonds is 2. The van der Waals surface area contributed by atoms with Crippen molar-refractivity contribution in [1.29, 1.82) is 0 Å². The van der Waals surface area contributed by atoms with E-state index in [0.717, 1.165) is 12.1 Å². The van der Waals surface area contributed by atoms with Crippen molar-refractivity contribution >= 4 is 17.4 Å². The zero-order valence-electron chi connectivity index (χ0n) is 7.01. The maximum Gasteiger partial charge on any atom is 0.416 e. The van der Waals surface area contributed by atoms with Gasteiger partial charge >= 0.3 is 6.18 Å². The summed E-state index contributed by atoms with van der Waals surface area (Å²) in [5.74, 6) is 0. The van der Waals surface area contributed by atoms with Gasteiger partial charge in [-0.3, -0.25) is 0 Å². The highest BCUT2D eigenvalue weighted by molar-refractivity contribution is 7.78. The van der Waals surface area contributed by atoms with Gasteiger partial charge in [0.2, 0.25) is 0 Å². The molecule has 0 aromatic heterocycles. The van der Waals surface area contributed by atoms with Crippen LogP contribution >= 0.6 is 12.2 Å². The lowest BCUT2D eigenvalue weighted by Gasteiger charge is -2.06. The highest BCUT2D eigenvalue weighted by Gasteiger charge is 2.29. The summed E-state index contributed by atoms with van der Waals surface area (Å²) < 4.78 is 36.4. The van der Waals surface area contributed by atoms with Crippen LogP contribution in [-0.2, 0) is 12.7 Å². The summed E-state index contributed by atoms with van der Waals surface area (Å²) >= 11 is 4.34. The molecule has 1 rings (SSSR count). The predicted octanol–water partition coefficient (Wildman–Crippen LogP) is 3.31. The third-order valence-corrected chi connectivity index (χ3v) is 1.74. The lowest BCUT2D eigenvalue weighted by atomic mass is 10.1. The van der Waals surface area contributed by atoms with Crippen molar-refractivity contribution in [2.24, 2.45) is 4.99 Å². The fraction of sp³-hybridized carbons (Fsp3) is 0.222. The number of aliphatic imine (C=N–C) groups is 1. The second-order valence-corrected chi connectivity index (χ2v) is 2.78. The van der Waals surface area contributed by atoms with Crippen LogP contribution in [0.4, 0.5) is 13.2 Å². The number of alkyl halides is 3. The van der Waals surface area contributed by atoms with E-state index in [9.17, 15) is 13.2 Å². The van der Waals surface area contributed by atoms with Gasteiger partial charge < -0.3 is 0 Å². The quantitative estimate of drug-likeness (QED) is 0.547. The number of nitrogens with zero attached hydrogens (tertiary/aromatic N) is 1. The summed E-state index contributed by atoms with van der Waals surface area (Å²) in [6.45, 7) is 0.266. The van der Waals surface area contributed by atoms with Gasteiger partial charge in [0.05, 0.1) is 17.3 Å². The zero-order valence-corrected chi connectivity index (χ0v) is 7.82. The zero-order chi connectivity index (χ0) is 10.6. The minimum Gasteiger partial charge on any atom is -0.228 e. The SMILES string of the molecule is FC(F)(F)c1ccc(CN=C=S)cc1. The first kappa shape index (κ1) is 10.9. The molecular weight excluding hydrogens is 211 g/mol. The Balaban J connectivity index is 2.83. The number of thiocarbonyl (C=S) groups is 1. The molecule has 0 bridgehead atoms. The number of benzene rings is 1. The third kappa shape index (κ3) is 2.94. The summed E-state index contributed by atoms with van der Waals surface area (Å²) in [5.41, 5.74) is 0.0166. The first-order chi connectivity index (χ1) is 6.54. The van der Waals surface area contributed by atoms with Crippen molar-refractivity contribution < 1.29 is 13.2 Å². The van der Waals surface area contributed by atoms with E-state index in [1.807, 2.05) is 0 Å². The second kappa shape index (κ2) is 4.35. The van der Waals surface area contributed by atoms with Crippen LogP contribution < -0.4 is 0 Å². The Morgan fingerprint density at radius 3 is 2.21 bits per heavy atom. The number of hydrogen-bond acceptors (Lipinski definition) is 2. The minimum atomic E-state index is -4.29. The predicted molar refractivity (Wildman–Crippen MR) is 50.2 cm³/mol. The van der Waals surface area contributed by atoms with E-state index in [-0.39, 0.29) is 6.54 Å². The molecule has 0 aliphatic heterocycles. The fourth-order valence-corrected chi connectivity index (χ4v) is 0.987. The Hall–Kier alpha value is -1.19. The van der Waals surface area contributed by atoms with Crippen molar-refractivity contribution in [3.8, 4) is 0 Å². The van der Waals surface area contributed by atoms with Crippen LogP contribution in [0.5, 0.6) is 0 Å². The maximum absolute atomic E-state index is 12.1. The number of halogens is 3. The van der Waals surface area contributed by atoms with E-state index >= 15 is 0 Å². The van der Waals surface area contributed by atoms with E-state index in [2.05, 4.69) is 22.4 Å². The molecule has 0 N–H and O–H groups in total.